The molecule has 0 aromatic heterocycles. The Morgan fingerprint density at radius 3 is 2.28 bits per heavy atom. The van der Waals surface area contributed by atoms with E-state index >= 15 is 0 Å². The quantitative estimate of drug-likeness (QED) is 0.542. The average Bonchev–Trinajstić information content (AvgIpc) is 2.27. The zero-order valence-electron chi connectivity index (χ0n) is 12.0. The third kappa shape index (κ3) is 4.30. The van der Waals surface area contributed by atoms with Gasteiger partial charge < -0.3 is 5.11 Å². The summed E-state index contributed by atoms with van der Waals surface area (Å²) in [6.07, 6.45) is 7.04. The summed E-state index contributed by atoms with van der Waals surface area (Å²) in [5, 5.41) is 10.3. The summed E-state index contributed by atoms with van der Waals surface area (Å²) in [6.45, 7) is 10.0. The van der Waals surface area contributed by atoms with E-state index in [1.807, 2.05) is 6.08 Å². The lowest BCUT2D eigenvalue weighted by molar-refractivity contribution is 0.162. The first-order valence-corrected chi connectivity index (χ1v) is 6.93. The van der Waals surface area contributed by atoms with E-state index in [1.54, 1.807) is 0 Å². The van der Waals surface area contributed by atoms with Crippen LogP contribution in [0.4, 0.5) is 0 Å². The predicted molar refractivity (Wildman–Crippen MR) is 78.9 cm³/mol. The first kappa shape index (κ1) is 15.0. The van der Waals surface area contributed by atoms with Crippen LogP contribution in [-0.4, -0.2) is 5.11 Å². The molecule has 0 radical (unpaired) electrons. The molecule has 1 nitrogen and oxygen atoms in total. The van der Waals surface area contributed by atoms with Gasteiger partial charge >= 0.3 is 0 Å². The van der Waals surface area contributed by atoms with Gasteiger partial charge in [0.1, 0.15) is 0 Å². The summed E-state index contributed by atoms with van der Waals surface area (Å²) in [5.41, 5.74) is 4.83. The number of rotatable bonds is 7. The largest absolute Gasteiger partial charge is 0.388 e. The van der Waals surface area contributed by atoms with E-state index in [2.05, 4.69) is 39.5 Å². The molecule has 0 aliphatic heterocycles. The van der Waals surface area contributed by atoms with E-state index in [4.69, 9.17) is 0 Å². The van der Waals surface area contributed by atoms with Crippen molar-refractivity contribution in [1.82, 2.24) is 0 Å². The fourth-order valence-electron chi connectivity index (χ4n) is 2.66. The predicted octanol–water partition coefficient (Wildman–Crippen LogP) is 4.78. The number of hydrogen-bond donors (Lipinski definition) is 1. The maximum Gasteiger partial charge on any atom is 0.0795 e. The molecule has 0 saturated heterocycles. The van der Waals surface area contributed by atoms with Crippen LogP contribution in [0, 0.1) is 20.8 Å². The number of aryl methyl sites for hydroxylation is 3. The Bertz CT molecular complexity index is 370. The highest BCUT2D eigenvalue weighted by molar-refractivity contribution is 5.38. The molecular formula is C17H26O. The highest BCUT2D eigenvalue weighted by atomic mass is 16.3. The van der Waals surface area contributed by atoms with E-state index < -0.39 is 0 Å². The molecule has 0 heterocycles. The van der Waals surface area contributed by atoms with Crippen molar-refractivity contribution in [2.24, 2.45) is 0 Å². The number of unbranched alkanes of at least 4 members (excludes halogenated alkanes) is 3. The molecule has 1 unspecified atom stereocenters. The molecule has 1 rings (SSSR count). The molecule has 1 heteroatoms. The van der Waals surface area contributed by atoms with Crippen LogP contribution in [-0.2, 0) is 0 Å². The lowest BCUT2D eigenvalue weighted by Gasteiger charge is -2.17. The Balaban J connectivity index is 2.56. The molecule has 0 spiro atoms. The summed E-state index contributed by atoms with van der Waals surface area (Å²) in [6, 6.07) is 4.31. The van der Waals surface area contributed by atoms with E-state index in [1.165, 1.54) is 29.5 Å². The molecule has 100 valence electrons. The Kier molecular flexibility index (Phi) is 6.14. The monoisotopic (exact) mass is 246 g/mol. The van der Waals surface area contributed by atoms with Crippen LogP contribution in [0.25, 0.3) is 0 Å². The third-order valence-electron chi connectivity index (χ3n) is 3.46. The van der Waals surface area contributed by atoms with Crippen molar-refractivity contribution in [3.8, 4) is 0 Å². The highest BCUT2D eigenvalue weighted by Crippen LogP contribution is 2.27. The normalized spacial score (nSPS) is 12.4. The minimum atomic E-state index is -0.311. The second kappa shape index (κ2) is 7.38. The van der Waals surface area contributed by atoms with Gasteiger partial charge in [-0.1, -0.05) is 36.6 Å². The molecule has 1 N–H and O–H groups in total. The van der Waals surface area contributed by atoms with Crippen LogP contribution in [0.15, 0.2) is 24.8 Å². The maximum atomic E-state index is 10.3. The summed E-state index contributed by atoms with van der Waals surface area (Å²) in [4.78, 5) is 0. The van der Waals surface area contributed by atoms with Crippen molar-refractivity contribution in [2.45, 2.75) is 59.0 Å². The molecule has 0 aliphatic carbocycles. The van der Waals surface area contributed by atoms with Crippen LogP contribution in [0.1, 0.15) is 60.5 Å². The maximum absolute atomic E-state index is 10.3. The smallest absolute Gasteiger partial charge is 0.0795 e. The summed E-state index contributed by atoms with van der Waals surface area (Å²) < 4.78 is 0. The van der Waals surface area contributed by atoms with Gasteiger partial charge in [-0.25, -0.2) is 0 Å². The van der Waals surface area contributed by atoms with Gasteiger partial charge in [0.05, 0.1) is 6.10 Å². The molecule has 0 fully saturated rings. The van der Waals surface area contributed by atoms with Crippen LogP contribution < -0.4 is 0 Å². The summed E-state index contributed by atoms with van der Waals surface area (Å²) in [5.74, 6) is 0. The molecular weight excluding hydrogens is 220 g/mol. The van der Waals surface area contributed by atoms with Crippen molar-refractivity contribution >= 4 is 0 Å². The standard InChI is InChI=1S/C17H26O/c1-5-6-7-8-9-10-16(18)17-14(3)11-13(2)12-15(17)4/h5,11-12,16,18H,1,6-10H2,2-4H3. The molecule has 0 amide bonds. The molecule has 1 atom stereocenters. The number of allylic oxidation sites excluding steroid dienone is 1. The third-order valence-corrected chi connectivity index (χ3v) is 3.46. The fourth-order valence-corrected chi connectivity index (χ4v) is 2.66. The first-order valence-electron chi connectivity index (χ1n) is 6.93. The number of hydrogen-bond acceptors (Lipinski definition) is 1. The molecule has 0 bridgehead atoms. The van der Waals surface area contributed by atoms with E-state index in [0.29, 0.717) is 0 Å². The van der Waals surface area contributed by atoms with Gasteiger partial charge in [0.2, 0.25) is 0 Å². The van der Waals surface area contributed by atoms with Gasteiger partial charge in [-0.15, -0.1) is 6.58 Å². The van der Waals surface area contributed by atoms with Crippen LogP contribution in [0.5, 0.6) is 0 Å². The van der Waals surface area contributed by atoms with E-state index in [0.717, 1.165) is 24.8 Å². The minimum Gasteiger partial charge on any atom is -0.388 e. The lowest BCUT2D eigenvalue weighted by atomic mass is 9.93. The zero-order valence-corrected chi connectivity index (χ0v) is 12.0. The van der Waals surface area contributed by atoms with Gasteiger partial charge in [0.25, 0.3) is 0 Å². The Morgan fingerprint density at radius 2 is 1.72 bits per heavy atom. The van der Waals surface area contributed by atoms with Gasteiger partial charge in [-0.05, 0) is 56.7 Å². The number of aliphatic hydroxyl groups is 1. The van der Waals surface area contributed by atoms with Gasteiger partial charge in [0, 0.05) is 0 Å². The highest BCUT2D eigenvalue weighted by Gasteiger charge is 2.13. The average molecular weight is 246 g/mol. The second-order valence-corrected chi connectivity index (χ2v) is 5.25. The second-order valence-electron chi connectivity index (χ2n) is 5.25. The number of benzene rings is 1. The minimum absolute atomic E-state index is 0.311. The molecule has 18 heavy (non-hydrogen) atoms. The molecule has 0 saturated carbocycles. The van der Waals surface area contributed by atoms with E-state index in [9.17, 15) is 5.11 Å². The van der Waals surface area contributed by atoms with Crippen molar-refractivity contribution in [3.05, 3.63) is 47.0 Å². The van der Waals surface area contributed by atoms with Gasteiger partial charge in [0.15, 0.2) is 0 Å². The van der Waals surface area contributed by atoms with E-state index in [-0.39, 0.29) is 6.10 Å². The molecule has 1 aromatic carbocycles. The van der Waals surface area contributed by atoms with Crippen LogP contribution in [0.2, 0.25) is 0 Å². The lowest BCUT2D eigenvalue weighted by Crippen LogP contribution is -2.03. The fraction of sp³-hybridized carbons (Fsp3) is 0.529. The Hall–Kier alpha value is -1.08. The van der Waals surface area contributed by atoms with Crippen LogP contribution in [0.3, 0.4) is 0 Å². The number of aliphatic hydroxyl groups excluding tert-OH is 1. The Morgan fingerprint density at radius 1 is 1.11 bits per heavy atom. The van der Waals surface area contributed by atoms with Gasteiger partial charge in [-0.3, -0.25) is 0 Å². The van der Waals surface area contributed by atoms with Crippen molar-refractivity contribution in [2.75, 3.05) is 0 Å². The van der Waals surface area contributed by atoms with Crippen molar-refractivity contribution in [3.63, 3.8) is 0 Å². The van der Waals surface area contributed by atoms with Crippen molar-refractivity contribution in [1.29, 1.82) is 0 Å². The molecule has 0 aliphatic rings. The first-order chi connectivity index (χ1) is 8.56. The molecule has 1 aromatic rings. The van der Waals surface area contributed by atoms with Gasteiger partial charge in [-0.2, -0.15) is 0 Å². The summed E-state index contributed by atoms with van der Waals surface area (Å²) in [7, 11) is 0. The SMILES string of the molecule is C=CCCCCCC(O)c1c(C)cc(C)cc1C. The van der Waals surface area contributed by atoms with Crippen LogP contribution >= 0.6 is 0 Å². The Labute approximate surface area is 112 Å². The topological polar surface area (TPSA) is 20.2 Å². The van der Waals surface area contributed by atoms with Crippen molar-refractivity contribution < 1.29 is 5.11 Å². The zero-order chi connectivity index (χ0) is 13.5. The summed E-state index contributed by atoms with van der Waals surface area (Å²) >= 11 is 0.